The van der Waals surface area contributed by atoms with Crippen LogP contribution in [0.5, 0.6) is 0 Å². The molecular formula is C5H13NOSTe. The molecule has 0 aliphatic heterocycles. The maximum absolute atomic E-state index is 8.67. The van der Waals surface area contributed by atoms with E-state index >= 15 is 0 Å². The van der Waals surface area contributed by atoms with Crippen LogP contribution < -0.4 is 0 Å². The normalized spacial score (nSPS) is 7.78. The molecule has 0 rings (SSSR count). The van der Waals surface area contributed by atoms with E-state index in [1.165, 1.54) is 0 Å². The Morgan fingerprint density at radius 1 is 1.44 bits per heavy atom. The molecule has 0 amide bonds. The number of nitrogens with zero attached hydrogens (tertiary/aromatic N) is 1. The molecule has 0 spiro atoms. The van der Waals surface area contributed by atoms with E-state index in [2.05, 4.69) is 12.2 Å². The second-order valence-electron chi connectivity index (χ2n) is 1.45. The Morgan fingerprint density at radius 2 is 1.78 bits per heavy atom. The van der Waals surface area contributed by atoms with Crippen LogP contribution in [-0.4, -0.2) is 51.9 Å². The van der Waals surface area contributed by atoms with Gasteiger partial charge in [0.25, 0.3) is 5.17 Å². The number of aliphatic hydroxyl groups is 1. The van der Waals surface area contributed by atoms with Crippen LogP contribution in [0.2, 0.25) is 0 Å². The van der Waals surface area contributed by atoms with Crippen molar-refractivity contribution in [2.45, 2.75) is 13.8 Å². The molecule has 0 unspecified atom stereocenters. The number of aliphatic hydroxyl groups excluding tert-OH is 1. The van der Waals surface area contributed by atoms with Crippen molar-refractivity contribution >= 4 is 41.1 Å². The van der Waals surface area contributed by atoms with E-state index in [4.69, 9.17) is 5.11 Å². The molecule has 2 nitrogen and oxygen atoms in total. The quantitative estimate of drug-likeness (QED) is 0.570. The van der Waals surface area contributed by atoms with Gasteiger partial charge in [-0.2, -0.15) is 0 Å². The first-order valence-electron chi connectivity index (χ1n) is 2.70. The molecule has 0 aliphatic rings. The summed E-state index contributed by atoms with van der Waals surface area (Å²) in [6.07, 6.45) is 0. The Bertz CT molecular complexity index is 85.0. The number of hydrogen-bond donors (Lipinski definition) is 1. The molecule has 4 heteroatoms. The van der Waals surface area contributed by atoms with Gasteiger partial charge >= 0.3 is 23.7 Å². The minimum atomic E-state index is -0.00463. The summed E-state index contributed by atoms with van der Waals surface area (Å²) in [5.41, 5.74) is 0. The average molecular weight is 263 g/mol. The van der Waals surface area contributed by atoms with Gasteiger partial charge in [0.15, 0.2) is 0 Å². The van der Waals surface area contributed by atoms with Crippen molar-refractivity contribution in [3.05, 3.63) is 0 Å². The zero-order valence-electron chi connectivity index (χ0n) is 5.72. The van der Waals surface area contributed by atoms with Gasteiger partial charge in [0.05, 0.1) is 0 Å². The van der Waals surface area contributed by atoms with Crippen LogP contribution in [0.4, 0.5) is 0 Å². The van der Waals surface area contributed by atoms with Crippen molar-refractivity contribution in [2.75, 3.05) is 13.1 Å². The Labute approximate surface area is 78.0 Å². The second kappa shape index (κ2) is 6.60. The zero-order chi connectivity index (χ0) is 6.57. The summed E-state index contributed by atoms with van der Waals surface area (Å²) >= 11 is 4.50. The summed E-state index contributed by atoms with van der Waals surface area (Å²) in [5, 5.41) is 8.66. The van der Waals surface area contributed by atoms with Gasteiger partial charge in [0, 0.05) is 13.1 Å². The van der Waals surface area contributed by atoms with Crippen molar-refractivity contribution in [1.82, 2.24) is 4.90 Å². The third-order valence-corrected chi connectivity index (χ3v) is 1.29. The fraction of sp³-hybridized carbons (Fsp3) is 0.800. The average Bonchev–Trinajstić information content (AvgIpc) is 1.69. The fourth-order valence-corrected chi connectivity index (χ4v) is 0.752. The Hall–Kier alpha value is 0.480. The molecule has 0 aromatic rings. The molecule has 0 atom stereocenters. The molecular weight excluding hydrogens is 250 g/mol. The van der Waals surface area contributed by atoms with Crippen LogP contribution in [0.1, 0.15) is 13.8 Å². The molecule has 0 radical (unpaired) electrons. The van der Waals surface area contributed by atoms with Crippen LogP contribution in [0.25, 0.3) is 0 Å². The van der Waals surface area contributed by atoms with Crippen LogP contribution in [-0.2, 0) is 0 Å². The van der Waals surface area contributed by atoms with E-state index in [0.29, 0.717) is 0 Å². The van der Waals surface area contributed by atoms with Gasteiger partial charge in [-0.15, -0.1) is 0 Å². The van der Waals surface area contributed by atoms with Crippen molar-refractivity contribution in [3.63, 3.8) is 0 Å². The van der Waals surface area contributed by atoms with E-state index in [1.54, 1.807) is 4.90 Å². The SMILES string of the molecule is CCN(CC)C(O)=S.[TeH2]. The Balaban J connectivity index is 0. The second-order valence-corrected chi connectivity index (χ2v) is 1.82. The standard InChI is InChI=1S/C5H11NOS.H2Te/c1-3-6(4-2)5(7)8;/h3-4H2,1-2H3,(H,7,8);1H2. The van der Waals surface area contributed by atoms with Gasteiger partial charge in [-0.3, -0.25) is 0 Å². The summed E-state index contributed by atoms with van der Waals surface area (Å²) in [6, 6.07) is 0. The Kier molecular flexibility index (Phi) is 8.93. The van der Waals surface area contributed by atoms with Crippen LogP contribution in [0.3, 0.4) is 0 Å². The van der Waals surface area contributed by atoms with E-state index in [1.807, 2.05) is 13.8 Å². The first-order valence-corrected chi connectivity index (χ1v) is 3.11. The van der Waals surface area contributed by atoms with Crippen LogP contribution in [0.15, 0.2) is 0 Å². The van der Waals surface area contributed by atoms with Crippen molar-refractivity contribution in [1.29, 1.82) is 0 Å². The third-order valence-electron chi connectivity index (χ3n) is 1.03. The Morgan fingerprint density at radius 3 is 1.78 bits per heavy atom. The summed E-state index contributed by atoms with van der Waals surface area (Å²) < 4.78 is 0. The summed E-state index contributed by atoms with van der Waals surface area (Å²) in [7, 11) is 0. The molecule has 0 saturated carbocycles. The van der Waals surface area contributed by atoms with E-state index in [0.717, 1.165) is 13.1 Å². The predicted octanol–water partition coefficient (Wildman–Crippen LogP) is 0.255. The van der Waals surface area contributed by atoms with Gasteiger partial charge in [0.2, 0.25) is 0 Å². The van der Waals surface area contributed by atoms with Crippen molar-refractivity contribution < 1.29 is 5.11 Å². The number of hydrogen-bond acceptors (Lipinski definition) is 1. The number of thiocarbonyl (C=S) groups is 1. The molecule has 9 heavy (non-hydrogen) atoms. The molecule has 0 aliphatic carbocycles. The van der Waals surface area contributed by atoms with Gasteiger partial charge in [-0.05, 0) is 26.1 Å². The van der Waals surface area contributed by atoms with Crippen molar-refractivity contribution in [2.24, 2.45) is 0 Å². The molecule has 0 aromatic heterocycles. The van der Waals surface area contributed by atoms with Gasteiger partial charge in [-0.25, -0.2) is 0 Å². The van der Waals surface area contributed by atoms with E-state index < -0.39 is 0 Å². The number of rotatable bonds is 2. The van der Waals surface area contributed by atoms with Gasteiger partial charge in [-0.1, -0.05) is 0 Å². The zero-order valence-corrected chi connectivity index (χ0v) is 9.39. The van der Waals surface area contributed by atoms with Crippen LogP contribution >= 0.6 is 12.2 Å². The maximum atomic E-state index is 8.67. The first-order chi connectivity index (χ1) is 3.72. The van der Waals surface area contributed by atoms with Crippen LogP contribution in [0, 0.1) is 0 Å². The molecule has 0 heterocycles. The van der Waals surface area contributed by atoms with Gasteiger partial charge in [0.1, 0.15) is 0 Å². The fourth-order valence-electron chi connectivity index (χ4n) is 0.494. The van der Waals surface area contributed by atoms with Gasteiger partial charge < -0.3 is 10.0 Å². The summed E-state index contributed by atoms with van der Waals surface area (Å²) in [4.78, 5) is 1.70. The molecule has 0 saturated heterocycles. The molecule has 56 valence electrons. The van der Waals surface area contributed by atoms with E-state index in [9.17, 15) is 0 Å². The molecule has 0 fully saturated rings. The topological polar surface area (TPSA) is 23.5 Å². The summed E-state index contributed by atoms with van der Waals surface area (Å²) in [6.45, 7) is 5.47. The van der Waals surface area contributed by atoms with E-state index in [-0.39, 0.29) is 28.8 Å². The van der Waals surface area contributed by atoms with Crippen molar-refractivity contribution in [3.8, 4) is 0 Å². The molecule has 0 bridgehead atoms. The minimum absolute atomic E-state index is 0. The monoisotopic (exact) mass is 265 g/mol. The summed E-state index contributed by atoms with van der Waals surface area (Å²) in [5.74, 6) is 0. The molecule has 0 aromatic carbocycles. The first kappa shape index (κ1) is 12.2. The molecule has 1 N–H and O–H groups in total. The predicted molar refractivity (Wildman–Crippen MR) is 46.7 cm³/mol. The third kappa shape index (κ3) is 4.95.